The molecule has 4 aromatic rings. The van der Waals surface area contributed by atoms with E-state index in [2.05, 4.69) is 32.5 Å². The number of pyridine rings is 1. The van der Waals surface area contributed by atoms with Crippen molar-refractivity contribution in [2.45, 2.75) is 40.2 Å². The van der Waals surface area contributed by atoms with E-state index in [4.69, 9.17) is 9.51 Å². The molecule has 4 heterocycles. The zero-order valence-electron chi connectivity index (χ0n) is 15.8. The summed E-state index contributed by atoms with van der Waals surface area (Å²) >= 11 is 0. The molecule has 0 aliphatic rings. The zero-order chi connectivity index (χ0) is 19.0. The molecule has 138 valence electrons. The van der Waals surface area contributed by atoms with Crippen LogP contribution < -0.4 is 5.32 Å². The van der Waals surface area contributed by atoms with Gasteiger partial charge in [-0.3, -0.25) is 4.98 Å². The average Bonchev–Trinajstić information content (AvgIpc) is 3.29. The summed E-state index contributed by atoms with van der Waals surface area (Å²) in [7, 11) is 0. The second kappa shape index (κ2) is 6.79. The van der Waals surface area contributed by atoms with Crippen LogP contribution >= 0.6 is 0 Å². The molecule has 0 bridgehead atoms. The Labute approximate surface area is 156 Å². The minimum Gasteiger partial charge on any atom is -0.358 e. The number of anilines is 1. The fraction of sp³-hybridized carbons (Fsp3) is 0.316. The number of nitrogens with one attached hydrogen (secondary N) is 1. The van der Waals surface area contributed by atoms with Gasteiger partial charge in [-0.05, 0) is 39.3 Å². The molecule has 0 unspecified atom stereocenters. The van der Waals surface area contributed by atoms with Crippen LogP contribution in [0.4, 0.5) is 5.82 Å². The molecule has 0 spiro atoms. The molecular formula is C19H21N7O. The molecule has 0 aliphatic heterocycles. The normalized spacial score (nSPS) is 12.4. The van der Waals surface area contributed by atoms with E-state index in [0.29, 0.717) is 17.4 Å². The summed E-state index contributed by atoms with van der Waals surface area (Å²) < 4.78 is 7.27. The Hall–Kier alpha value is -3.29. The zero-order valence-corrected chi connectivity index (χ0v) is 15.8. The minimum absolute atomic E-state index is 0.199. The minimum atomic E-state index is -0.199. The van der Waals surface area contributed by atoms with Crippen LogP contribution in [0.25, 0.3) is 17.2 Å². The first kappa shape index (κ1) is 17.1. The fourth-order valence-electron chi connectivity index (χ4n) is 2.86. The van der Waals surface area contributed by atoms with Crippen molar-refractivity contribution in [1.82, 2.24) is 29.7 Å². The summed E-state index contributed by atoms with van der Waals surface area (Å²) in [6.45, 7) is 8.08. The Bertz CT molecular complexity index is 1080. The molecule has 0 saturated heterocycles. The first-order valence-corrected chi connectivity index (χ1v) is 8.94. The third kappa shape index (κ3) is 3.14. The summed E-state index contributed by atoms with van der Waals surface area (Å²) in [5, 5.41) is 12.1. The number of aromatic nitrogens is 6. The molecule has 0 fully saturated rings. The SMILES string of the molecule is CCc1cc(N[C@H](C)c2nc(-c3ccccn3)no2)n2nc(C)c(C)c2n1. The van der Waals surface area contributed by atoms with E-state index in [1.165, 1.54) is 0 Å². The predicted octanol–water partition coefficient (Wildman–Crippen LogP) is 3.53. The van der Waals surface area contributed by atoms with E-state index in [1.807, 2.05) is 49.6 Å². The van der Waals surface area contributed by atoms with E-state index >= 15 is 0 Å². The van der Waals surface area contributed by atoms with Crippen LogP contribution in [0.15, 0.2) is 35.0 Å². The second-order valence-corrected chi connectivity index (χ2v) is 6.47. The van der Waals surface area contributed by atoms with E-state index in [0.717, 1.165) is 34.8 Å². The largest absolute Gasteiger partial charge is 0.358 e. The third-order valence-electron chi connectivity index (χ3n) is 4.54. The first-order valence-electron chi connectivity index (χ1n) is 8.94. The number of rotatable bonds is 5. The monoisotopic (exact) mass is 363 g/mol. The molecule has 4 aromatic heterocycles. The molecule has 8 heteroatoms. The lowest BCUT2D eigenvalue weighted by Crippen LogP contribution is -2.12. The maximum Gasteiger partial charge on any atom is 0.249 e. The topological polar surface area (TPSA) is 94.0 Å². The summed E-state index contributed by atoms with van der Waals surface area (Å²) in [6, 6.07) is 7.40. The van der Waals surface area contributed by atoms with Crippen LogP contribution in [-0.2, 0) is 6.42 Å². The molecule has 0 aromatic carbocycles. The average molecular weight is 363 g/mol. The number of hydrogen-bond acceptors (Lipinski definition) is 7. The van der Waals surface area contributed by atoms with Crippen molar-refractivity contribution in [3.63, 3.8) is 0 Å². The summed E-state index contributed by atoms with van der Waals surface area (Å²) in [5.74, 6) is 1.80. The molecule has 0 radical (unpaired) electrons. The fourth-order valence-corrected chi connectivity index (χ4v) is 2.86. The summed E-state index contributed by atoms with van der Waals surface area (Å²) in [6.07, 6.45) is 2.54. The van der Waals surface area contributed by atoms with Gasteiger partial charge in [0, 0.05) is 23.5 Å². The first-order chi connectivity index (χ1) is 13.1. The lowest BCUT2D eigenvalue weighted by Gasteiger charge is -2.13. The highest BCUT2D eigenvalue weighted by Gasteiger charge is 2.18. The highest BCUT2D eigenvalue weighted by atomic mass is 16.5. The van der Waals surface area contributed by atoms with Crippen molar-refractivity contribution in [3.05, 3.63) is 53.3 Å². The van der Waals surface area contributed by atoms with Crippen LogP contribution in [0.2, 0.25) is 0 Å². The maximum absolute atomic E-state index is 5.44. The van der Waals surface area contributed by atoms with Gasteiger partial charge in [0.25, 0.3) is 0 Å². The number of fused-ring (bicyclic) bond motifs is 1. The molecule has 0 aliphatic carbocycles. The van der Waals surface area contributed by atoms with Crippen molar-refractivity contribution >= 4 is 11.5 Å². The Morgan fingerprint density at radius 3 is 2.81 bits per heavy atom. The lowest BCUT2D eigenvalue weighted by molar-refractivity contribution is 0.367. The molecule has 4 rings (SSSR count). The number of aryl methyl sites for hydroxylation is 3. The van der Waals surface area contributed by atoms with Crippen LogP contribution in [-0.4, -0.2) is 29.7 Å². The van der Waals surface area contributed by atoms with Gasteiger partial charge in [-0.15, -0.1) is 0 Å². The molecule has 0 amide bonds. The highest BCUT2D eigenvalue weighted by Crippen LogP contribution is 2.23. The Kier molecular flexibility index (Phi) is 4.31. The Balaban J connectivity index is 1.66. The number of hydrogen-bond donors (Lipinski definition) is 1. The van der Waals surface area contributed by atoms with E-state index in [9.17, 15) is 0 Å². The molecule has 0 saturated carbocycles. The van der Waals surface area contributed by atoms with Gasteiger partial charge in [-0.25, -0.2) is 4.98 Å². The molecule has 1 N–H and O–H groups in total. The van der Waals surface area contributed by atoms with Gasteiger partial charge in [0.15, 0.2) is 5.65 Å². The molecule has 1 atom stereocenters. The second-order valence-electron chi connectivity index (χ2n) is 6.47. The highest BCUT2D eigenvalue weighted by molar-refractivity contribution is 5.56. The summed E-state index contributed by atoms with van der Waals surface area (Å²) in [5.41, 5.74) is 4.58. The van der Waals surface area contributed by atoms with Crippen molar-refractivity contribution in [2.75, 3.05) is 5.32 Å². The van der Waals surface area contributed by atoms with Crippen molar-refractivity contribution in [3.8, 4) is 11.5 Å². The third-order valence-corrected chi connectivity index (χ3v) is 4.54. The Morgan fingerprint density at radius 2 is 2.07 bits per heavy atom. The lowest BCUT2D eigenvalue weighted by atomic mass is 10.2. The maximum atomic E-state index is 5.44. The van der Waals surface area contributed by atoms with Gasteiger partial charge in [-0.1, -0.05) is 18.1 Å². The van der Waals surface area contributed by atoms with Gasteiger partial charge in [0.1, 0.15) is 17.6 Å². The van der Waals surface area contributed by atoms with Gasteiger partial charge in [0.05, 0.1) is 5.69 Å². The molecule has 27 heavy (non-hydrogen) atoms. The van der Waals surface area contributed by atoms with Crippen LogP contribution in [0, 0.1) is 13.8 Å². The number of nitrogens with zero attached hydrogens (tertiary/aromatic N) is 6. The summed E-state index contributed by atoms with van der Waals surface area (Å²) in [4.78, 5) is 13.4. The van der Waals surface area contributed by atoms with Crippen molar-refractivity contribution in [1.29, 1.82) is 0 Å². The Morgan fingerprint density at radius 1 is 1.22 bits per heavy atom. The van der Waals surface area contributed by atoms with Crippen molar-refractivity contribution in [2.24, 2.45) is 0 Å². The van der Waals surface area contributed by atoms with Crippen molar-refractivity contribution < 1.29 is 4.52 Å². The van der Waals surface area contributed by atoms with Crippen LogP contribution in [0.5, 0.6) is 0 Å². The van der Waals surface area contributed by atoms with E-state index in [-0.39, 0.29) is 6.04 Å². The predicted molar refractivity (Wildman–Crippen MR) is 101 cm³/mol. The quantitative estimate of drug-likeness (QED) is 0.579. The van der Waals surface area contributed by atoms with Gasteiger partial charge in [-0.2, -0.15) is 14.6 Å². The van der Waals surface area contributed by atoms with E-state index in [1.54, 1.807) is 6.20 Å². The van der Waals surface area contributed by atoms with E-state index < -0.39 is 0 Å². The van der Waals surface area contributed by atoms with Gasteiger partial charge < -0.3 is 9.84 Å². The smallest absolute Gasteiger partial charge is 0.249 e. The van der Waals surface area contributed by atoms with Gasteiger partial charge >= 0.3 is 0 Å². The van der Waals surface area contributed by atoms with Gasteiger partial charge in [0.2, 0.25) is 11.7 Å². The standard InChI is InChI=1S/C19H21N7O/c1-5-14-10-16(26-18(22-14)11(2)12(3)24-26)21-13(4)19-23-17(25-27-19)15-8-6-7-9-20-15/h6-10,13,21H,5H2,1-4H3/t13-/m1/s1. The molecule has 8 nitrogen and oxygen atoms in total. The van der Waals surface area contributed by atoms with Crippen LogP contribution in [0.3, 0.4) is 0 Å². The molecular weight excluding hydrogens is 342 g/mol. The van der Waals surface area contributed by atoms with Crippen LogP contribution in [0.1, 0.15) is 42.7 Å².